The Morgan fingerprint density at radius 2 is 1.77 bits per heavy atom. The fourth-order valence-electron chi connectivity index (χ4n) is 4.48. The summed E-state index contributed by atoms with van der Waals surface area (Å²) in [6.45, 7) is 12.4. The molecule has 39 heavy (non-hydrogen) atoms. The summed E-state index contributed by atoms with van der Waals surface area (Å²) in [6.07, 6.45) is 5.83. The van der Waals surface area contributed by atoms with E-state index >= 15 is 0 Å². The molecule has 0 spiro atoms. The van der Waals surface area contributed by atoms with Crippen LogP contribution < -0.4 is 21.5 Å². The van der Waals surface area contributed by atoms with Crippen molar-refractivity contribution < 1.29 is 24.2 Å². The van der Waals surface area contributed by atoms with Crippen molar-refractivity contribution in [3.8, 4) is 5.75 Å². The van der Waals surface area contributed by atoms with Crippen molar-refractivity contribution in [3.05, 3.63) is 35.4 Å². The van der Waals surface area contributed by atoms with Gasteiger partial charge < -0.3 is 31.4 Å². The third kappa shape index (κ3) is 11.7. The van der Waals surface area contributed by atoms with Gasteiger partial charge in [-0.05, 0) is 75.0 Å². The van der Waals surface area contributed by atoms with E-state index in [1.165, 1.54) is 5.56 Å². The van der Waals surface area contributed by atoms with Gasteiger partial charge in [0.05, 0.1) is 18.6 Å². The minimum Gasteiger partial charge on any atom is -0.496 e. The number of primary amides is 1. The first-order chi connectivity index (χ1) is 18.2. The lowest BCUT2D eigenvalue weighted by molar-refractivity contribution is -0.130. The molecule has 0 unspecified atom stereocenters. The first-order valence-electron chi connectivity index (χ1n) is 14.1. The van der Waals surface area contributed by atoms with Gasteiger partial charge in [-0.15, -0.1) is 0 Å². The average molecular weight is 548 g/mol. The summed E-state index contributed by atoms with van der Waals surface area (Å²) in [6, 6.07) is 5.74. The molecule has 0 saturated carbocycles. The number of hydrogen-bond donors (Lipinski definition) is 4. The topological polar surface area (TPSA) is 137 Å². The van der Waals surface area contributed by atoms with E-state index < -0.39 is 29.4 Å². The highest BCUT2D eigenvalue weighted by atomic mass is 16.5. The van der Waals surface area contributed by atoms with Crippen LogP contribution in [0, 0.1) is 29.1 Å². The number of aliphatic hydroxyl groups is 1. The van der Waals surface area contributed by atoms with Crippen molar-refractivity contribution >= 4 is 17.9 Å². The van der Waals surface area contributed by atoms with E-state index in [1.54, 1.807) is 28.1 Å². The molecule has 1 aromatic rings. The zero-order valence-corrected chi connectivity index (χ0v) is 25.3. The molecule has 1 rings (SSSR count). The van der Waals surface area contributed by atoms with E-state index in [0.717, 1.165) is 24.2 Å². The summed E-state index contributed by atoms with van der Waals surface area (Å²) in [5.41, 5.74) is 13.3. The number of ether oxygens (including phenoxy) is 2. The summed E-state index contributed by atoms with van der Waals surface area (Å²) < 4.78 is 10.7. The van der Waals surface area contributed by atoms with Gasteiger partial charge in [0.15, 0.2) is 0 Å². The van der Waals surface area contributed by atoms with E-state index in [0.29, 0.717) is 18.9 Å². The molecule has 8 nitrogen and oxygen atoms in total. The number of nitrogens with one attached hydrogen (secondary N) is 1. The van der Waals surface area contributed by atoms with Gasteiger partial charge in [-0.2, -0.15) is 0 Å². The molecule has 0 saturated heterocycles. The largest absolute Gasteiger partial charge is 0.496 e. The molecule has 0 heterocycles. The Hall–Kier alpha value is -2.42. The number of aliphatic hydroxyl groups excluding tert-OH is 1. The van der Waals surface area contributed by atoms with Gasteiger partial charge >= 0.3 is 0 Å². The second-order valence-electron chi connectivity index (χ2n) is 12.0. The second kappa shape index (κ2) is 16.6. The van der Waals surface area contributed by atoms with Crippen LogP contribution in [0.3, 0.4) is 0 Å². The molecule has 2 amide bonds. The van der Waals surface area contributed by atoms with Gasteiger partial charge in [0.25, 0.3) is 0 Å². The van der Waals surface area contributed by atoms with Gasteiger partial charge in [0, 0.05) is 37.8 Å². The Balaban J connectivity index is 2.91. The van der Waals surface area contributed by atoms with Crippen molar-refractivity contribution in [1.82, 2.24) is 5.32 Å². The standard InChI is InChI=1S/C31H53N3O5/c1-20(2)24(16-22-12-13-28(39-8)23(15-22)11-9-10-14-38-7)17-26(32)27(35)18-25(21(3)4)29(36)34-19-31(5,6)30(33)37/h9,11-13,15,20-21,24-27,35H,10,14,16-19,32H2,1-8H3,(H2,33,37)(H,34,36)/t24-,25-,26-,27-/m0/s1. The van der Waals surface area contributed by atoms with Crippen molar-refractivity contribution in [2.24, 2.45) is 40.6 Å². The van der Waals surface area contributed by atoms with Crippen LogP contribution in [0.4, 0.5) is 0 Å². The smallest absolute Gasteiger partial charge is 0.224 e. The van der Waals surface area contributed by atoms with Crippen LogP contribution in [0.15, 0.2) is 24.3 Å². The minimum atomic E-state index is -0.849. The van der Waals surface area contributed by atoms with Gasteiger partial charge in [-0.25, -0.2) is 0 Å². The molecule has 0 fully saturated rings. The molecule has 0 aromatic heterocycles. The Bertz CT molecular complexity index is 929. The lowest BCUT2D eigenvalue weighted by atomic mass is 9.80. The highest BCUT2D eigenvalue weighted by Crippen LogP contribution is 2.28. The monoisotopic (exact) mass is 547 g/mol. The van der Waals surface area contributed by atoms with E-state index in [-0.39, 0.29) is 30.7 Å². The molecule has 4 atom stereocenters. The SMILES string of the molecule is COCCC=Cc1cc(C[C@@H](C[C@H](N)[C@@H](O)C[C@H](C(=O)NCC(C)(C)C(N)=O)C(C)C)C(C)C)ccc1OC. The van der Waals surface area contributed by atoms with E-state index in [1.807, 2.05) is 19.9 Å². The maximum atomic E-state index is 12.9. The average Bonchev–Trinajstić information content (AvgIpc) is 2.87. The maximum Gasteiger partial charge on any atom is 0.224 e. The molecule has 8 heteroatoms. The number of rotatable bonds is 18. The lowest BCUT2D eigenvalue weighted by Gasteiger charge is -2.30. The third-order valence-electron chi connectivity index (χ3n) is 7.60. The zero-order valence-electron chi connectivity index (χ0n) is 25.3. The number of carbonyl (C=O) groups is 2. The third-order valence-corrected chi connectivity index (χ3v) is 7.60. The number of nitrogens with two attached hydrogens (primary N) is 2. The predicted molar refractivity (Wildman–Crippen MR) is 158 cm³/mol. The minimum absolute atomic E-state index is 0.000834. The quantitative estimate of drug-likeness (QED) is 0.206. The first kappa shape index (κ1) is 34.6. The second-order valence-corrected chi connectivity index (χ2v) is 12.0. The van der Waals surface area contributed by atoms with Crippen LogP contribution >= 0.6 is 0 Å². The van der Waals surface area contributed by atoms with Crippen LogP contribution in [0.5, 0.6) is 5.75 Å². The van der Waals surface area contributed by atoms with Gasteiger partial charge in [0.1, 0.15) is 5.75 Å². The summed E-state index contributed by atoms with van der Waals surface area (Å²) in [5.74, 6) is 0.313. The number of amides is 2. The fourth-order valence-corrected chi connectivity index (χ4v) is 4.48. The predicted octanol–water partition coefficient (Wildman–Crippen LogP) is 3.93. The molecule has 222 valence electrons. The van der Waals surface area contributed by atoms with Gasteiger partial charge in [-0.3, -0.25) is 9.59 Å². The van der Waals surface area contributed by atoms with Gasteiger partial charge in [0.2, 0.25) is 11.8 Å². The first-order valence-corrected chi connectivity index (χ1v) is 14.1. The van der Waals surface area contributed by atoms with Crippen molar-refractivity contribution in [2.45, 2.75) is 79.4 Å². The number of methoxy groups -OCH3 is 2. The van der Waals surface area contributed by atoms with Crippen LogP contribution in [0.2, 0.25) is 0 Å². The van der Waals surface area contributed by atoms with Crippen molar-refractivity contribution in [1.29, 1.82) is 0 Å². The molecule has 6 N–H and O–H groups in total. The molecular formula is C31H53N3O5. The zero-order chi connectivity index (χ0) is 29.8. The molecule has 0 bridgehead atoms. The normalized spacial score (nSPS) is 15.4. The van der Waals surface area contributed by atoms with Gasteiger partial charge in [-0.1, -0.05) is 45.9 Å². The van der Waals surface area contributed by atoms with Crippen LogP contribution in [0.1, 0.15) is 71.9 Å². The Kier molecular flexibility index (Phi) is 14.8. The highest BCUT2D eigenvalue weighted by Gasteiger charge is 2.32. The molecule has 0 aliphatic rings. The molecular weight excluding hydrogens is 494 g/mol. The number of hydrogen-bond acceptors (Lipinski definition) is 6. The summed E-state index contributed by atoms with van der Waals surface area (Å²) in [7, 11) is 3.36. The molecule has 0 radical (unpaired) electrons. The van der Waals surface area contributed by atoms with Crippen LogP contribution in [-0.2, 0) is 20.7 Å². The van der Waals surface area contributed by atoms with E-state index in [4.69, 9.17) is 20.9 Å². The van der Waals surface area contributed by atoms with E-state index in [2.05, 4.69) is 43.4 Å². The fraction of sp³-hybridized carbons (Fsp3) is 0.677. The molecule has 0 aliphatic carbocycles. The lowest BCUT2D eigenvalue weighted by Crippen LogP contribution is -2.46. The maximum absolute atomic E-state index is 12.9. The molecule has 0 aliphatic heterocycles. The summed E-state index contributed by atoms with van der Waals surface area (Å²) >= 11 is 0. The summed E-state index contributed by atoms with van der Waals surface area (Å²) in [5, 5.41) is 13.9. The number of carbonyl (C=O) groups excluding carboxylic acids is 2. The van der Waals surface area contributed by atoms with Crippen molar-refractivity contribution in [2.75, 3.05) is 27.4 Å². The Labute approximate surface area is 235 Å². The highest BCUT2D eigenvalue weighted by molar-refractivity contribution is 5.83. The van der Waals surface area contributed by atoms with Crippen LogP contribution in [-0.4, -0.2) is 56.4 Å². The molecule has 1 aromatic carbocycles. The Morgan fingerprint density at radius 3 is 2.31 bits per heavy atom. The van der Waals surface area contributed by atoms with Crippen LogP contribution in [0.25, 0.3) is 6.08 Å². The summed E-state index contributed by atoms with van der Waals surface area (Å²) in [4.78, 5) is 24.6. The Morgan fingerprint density at radius 1 is 1.10 bits per heavy atom. The van der Waals surface area contributed by atoms with E-state index in [9.17, 15) is 14.7 Å². The van der Waals surface area contributed by atoms with Crippen molar-refractivity contribution in [3.63, 3.8) is 0 Å². The number of benzene rings is 1.